The third kappa shape index (κ3) is 1.63. The van der Waals surface area contributed by atoms with E-state index in [1.807, 2.05) is 18.2 Å². The van der Waals surface area contributed by atoms with Gasteiger partial charge in [-0.3, -0.25) is 4.79 Å². The van der Waals surface area contributed by atoms with Gasteiger partial charge in [-0.15, -0.1) is 0 Å². The Balaban J connectivity index is 2.35. The number of primary amides is 1. The van der Waals surface area contributed by atoms with Crippen LogP contribution in [0.3, 0.4) is 0 Å². The molecule has 1 amide bonds. The number of hydrogen-bond acceptors (Lipinski definition) is 2. The van der Waals surface area contributed by atoms with Gasteiger partial charge in [-0.1, -0.05) is 18.2 Å². The Bertz CT molecular complexity index is 343. The molecule has 1 aliphatic rings. The van der Waals surface area contributed by atoms with Crippen molar-refractivity contribution in [3.05, 3.63) is 35.4 Å². The number of nitrogens with one attached hydrogen (secondary N) is 1. The molecule has 0 spiro atoms. The Morgan fingerprint density at radius 1 is 1.43 bits per heavy atom. The zero-order valence-corrected chi connectivity index (χ0v) is 7.99. The van der Waals surface area contributed by atoms with E-state index in [-0.39, 0.29) is 5.91 Å². The molecule has 1 aromatic carbocycles. The van der Waals surface area contributed by atoms with Gasteiger partial charge in [-0.25, -0.2) is 0 Å². The van der Waals surface area contributed by atoms with Crippen molar-refractivity contribution < 1.29 is 4.79 Å². The van der Waals surface area contributed by atoms with Crippen LogP contribution in [0.4, 0.5) is 0 Å². The smallest absolute Gasteiger partial charge is 0.249 e. The second-order valence-corrected chi connectivity index (χ2v) is 3.60. The highest BCUT2D eigenvalue weighted by Gasteiger charge is 2.20. The summed E-state index contributed by atoms with van der Waals surface area (Å²) in [6.07, 6.45) is 2.25. The van der Waals surface area contributed by atoms with Gasteiger partial charge in [0.15, 0.2) is 0 Å². The molecule has 1 aliphatic heterocycles. The summed E-state index contributed by atoms with van der Waals surface area (Å²) in [6, 6.07) is 7.86. The van der Waals surface area contributed by atoms with Crippen LogP contribution in [0.2, 0.25) is 0 Å². The van der Waals surface area contributed by atoms with Gasteiger partial charge in [0, 0.05) is 11.6 Å². The van der Waals surface area contributed by atoms with Gasteiger partial charge < -0.3 is 11.1 Å². The zero-order chi connectivity index (χ0) is 9.97. The first-order chi connectivity index (χ1) is 6.79. The fraction of sp³-hybridized carbons (Fsp3) is 0.364. The van der Waals surface area contributed by atoms with Crippen LogP contribution in [0.5, 0.6) is 0 Å². The van der Waals surface area contributed by atoms with Crippen molar-refractivity contribution >= 4 is 5.91 Å². The molecular weight excluding hydrogens is 176 g/mol. The quantitative estimate of drug-likeness (QED) is 0.736. The lowest BCUT2D eigenvalue weighted by atomic mass is 9.99. The van der Waals surface area contributed by atoms with Crippen LogP contribution in [0.1, 0.15) is 34.8 Å². The summed E-state index contributed by atoms with van der Waals surface area (Å²) in [4.78, 5) is 11.2. The normalized spacial score (nSPS) is 21.0. The number of carbonyl (C=O) groups excluding carboxylic acids is 1. The van der Waals surface area contributed by atoms with Crippen LogP contribution >= 0.6 is 0 Å². The molecule has 0 radical (unpaired) electrons. The second-order valence-electron chi connectivity index (χ2n) is 3.60. The zero-order valence-electron chi connectivity index (χ0n) is 7.99. The molecule has 3 nitrogen and oxygen atoms in total. The molecule has 1 unspecified atom stereocenters. The van der Waals surface area contributed by atoms with Crippen LogP contribution in [0.25, 0.3) is 0 Å². The maximum atomic E-state index is 11.2. The summed E-state index contributed by atoms with van der Waals surface area (Å²) in [5.74, 6) is -0.339. The van der Waals surface area contributed by atoms with Crippen LogP contribution < -0.4 is 11.1 Å². The minimum atomic E-state index is -0.339. The molecule has 0 saturated carbocycles. The topological polar surface area (TPSA) is 55.1 Å². The molecule has 74 valence electrons. The minimum Gasteiger partial charge on any atom is -0.366 e. The van der Waals surface area contributed by atoms with Crippen LogP contribution in [-0.4, -0.2) is 12.5 Å². The first kappa shape index (κ1) is 9.21. The van der Waals surface area contributed by atoms with E-state index >= 15 is 0 Å². The molecule has 1 heterocycles. The van der Waals surface area contributed by atoms with E-state index in [1.54, 1.807) is 6.07 Å². The highest BCUT2D eigenvalue weighted by molar-refractivity contribution is 5.94. The molecule has 1 atom stereocenters. The van der Waals surface area contributed by atoms with Gasteiger partial charge in [0.25, 0.3) is 0 Å². The maximum Gasteiger partial charge on any atom is 0.249 e. The number of benzene rings is 1. The van der Waals surface area contributed by atoms with Crippen molar-refractivity contribution in [1.29, 1.82) is 0 Å². The Morgan fingerprint density at radius 2 is 2.21 bits per heavy atom. The van der Waals surface area contributed by atoms with Gasteiger partial charge in [-0.2, -0.15) is 0 Å². The molecule has 1 aromatic rings. The third-order valence-corrected chi connectivity index (χ3v) is 2.66. The summed E-state index contributed by atoms with van der Waals surface area (Å²) in [7, 11) is 0. The van der Waals surface area contributed by atoms with Gasteiger partial charge in [0.05, 0.1) is 0 Å². The second kappa shape index (κ2) is 3.80. The predicted molar refractivity (Wildman–Crippen MR) is 54.9 cm³/mol. The van der Waals surface area contributed by atoms with Gasteiger partial charge in [-0.05, 0) is 31.0 Å². The number of carbonyl (C=O) groups is 1. The molecule has 1 saturated heterocycles. The van der Waals surface area contributed by atoms with Crippen molar-refractivity contribution in [2.75, 3.05) is 6.54 Å². The van der Waals surface area contributed by atoms with Crippen molar-refractivity contribution in [3.8, 4) is 0 Å². The molecule has 0 aromatic heterocycles. The Kier molecular flexibility index (Phi) is 2.50. The monoisotopic (exact) mass is 190 g/mol. The van der Waals surface area contributed by atoms with Crippen LogP contribution in [0.15, 0.2) is 24.3 Å². The first-order valence-electron chi connectivity index (χ1n) is 4.91. The van der Waals surface area contributed by atoms with E-state index in [2.05, 4.69) is 5.32 Å². The first-order valence-corrected chi connectivity index (χ1v) is 4.91. The number of hydrogen-bond donors (Lipinski definition) is 2. The molecule has 3 N–H and O–H groups in total. The van der Waals surface area contributed by atoms with Crippen LogP contribution in [-0.2, 0) is 0 Å². The van der Waals surface area contributed by atoms with E-state index in [0.29, 0.717) is 11.6 Å². The van der Waals surface area contributed by atoms with Crippen molar-refractivity contribution in [2.24, 2.45) is 5.73 Å². The highest BCUT2D eigenvalue weighted by atomic mass is 16.1. The third-order valence-electron chi connectivity index (χ3n) is 2.66. The average Bonchev–Trinajstić information content (AvgIpc) is 2.70. The summed E-state index contributed by atoms with van der Waals surface area (Å²) in [5, 5.41) is 3.36. The predicted octanol–water partition coefficient (Wildman–Crippen LogP) is 1.21. The summed E-state index contributed by atoms with van der Waals surface area (Å²) < 4.78 is 0. The number of amides is 1. The van der Waals surface area contributed by atoms with Crippen molar-refractivity contribution in [2.45, 2.75) is 18.9 Å². The van der Waals surface area contributed by atoms with E-state index in [0.717, 1.165) is 24.9 Å². The summed E-state index contributed by atoms with van der Waals surface area (Å²) >= 11 is 0. The molecule has 2 rings (SSSR count). The Hall–Kier alpha value is -1.35. The minimum absolute atomic E-state index is 0.304. The Morgan fingerprint density at radius 3 is 2.86 bits per heavy atom. The Labute approximate surface area is 83.3 Å². The lowest BCUT2D eigenvalue weighted by molar-refractivity contribution is 0.0999. The van der Waals surface area contributed by atoms with Crippen molar-refractivity contribution in [3.63, 3.8) is 0 Å². The molecular formula is C11H14N2O. The fourth-order valence-corrected chi connectivity index (χ4v) is 1.98. The molecule has 3 heteroatoms. The molecule has 1 fully saturated rings. The summed E-state index contributed by atoms with van der Waals surface area (Å²) in [5.41, 5.74) is 7.00. The van der Waals surface area contributed by atoms with Gasteiger partial charge in [0.1, 0.15) is 0 Å². The standard InChI is InChI=1S/C11H14N2O/c12-11(14)9-5-2-1-4-8(9)10-6-3-7-13-10/h1-2,4-5,10,13H,3,6-7H2,(H2,12,14). The van der Waals surface area contributed by atoms with E-state index < -0.39 is 0 Å². The number of rotatable bonds is 2. The summed E-state index contributed by atoms with van der Waals surface area (Å²) in [6.45, 7) is 1.03. The van der Waals surface area contributed by atoms with E-state index in [1.165, 1.54) is 0 Å². The molecule has 0 bridgehead atoms. The van der Waals surface area contributed by atoms with Crippen LogP contribution in [0, 0.1) is 0 Å². The average molecular weight is 190 g/mol. The van der Waals surface area contributed by atoms with Gasteiger partial charge in [0.2, 0.25) is 5.91 Å². The lowest BCUT2D eigenvalue weighted by Gasteiger charge is -2.13. The number of nitrogens with two attached hydrogens (primary N) is 1. The maximum absolute atomic E-state index is 11.2. The largest absolute Gasteiger partial charge is 0.366 e. The van der Waals surface area contributed by atoms with E-state index in [4.69, 9.17) is 5.73 Å². The van der Waals surface area contributed by atoms with Gasteiger partial charge >= 0.3 is 0 Å². The molecule has 14 heavy (non-hydrogen) atoms. The molecule has 0 aliphatic carbocycles. The fourth-order valence-electron chi connectivity index (χ4n) is 1.98. The van der Waals surface area contributed by atoms with Crippen molar-refractivity contribution in [1.82, 2.24) is 5.32 Å². The van der Waals surface area contributed by atoms with E-state index in [9.17, 15) is 4.79 Å². The SMILES string of the molecule is NC(=O)c1ccccc1C1CCCN1. The lowest BCUT2D eigenvalue weighted by Crippen LogP contribution is -2.19. The highest BCUT2D eigenvalue weighted by Crippen LogP contribution is 2.25.